The van der Waals surface area contributed by atoms with Gasteiger partial charge in [0.15, 0.2) is 0 Å². The molecule has 0 bridgehead atoms. The molecule has 0 amide bonds. The van der Waals surface area contributed by atoms with Crippen molar-refractivity contribution in [2.45, 2.75) is 38.0 Å². The van der Waals surface area contributed by atoms with Crippen molar-refractivity contribution < 1.29 is 0 Å². The Labute approximate surface area is 107 Å². The minimum Gasteiger partial charge on any atom is -0.371 e. The van der Waals surface area contributed by atoms with Gasteiger partial charge in [0.05, 0.1) is 6.54 Å². The third kappa shape index (κ3) is 2.39. The van der Waals surface area contributed by atoms with Gasteiger partial charge in [0.1, 0.15) is 5.84 Å². The fourth-order valence-electron chi connectivity index (χ4n) is 3.20. The van der Waals surface area contributed by atoms with Crippen LogP contribution >= 0.6 is 11.3 Å². The lowest BCUT2D eigenvalue weighted by atomic mass is 9.77. The van der Waals surface area contributed by atoms with E-state index < -0.39 is 0 Å². The van der Waals surface area contributed by atoms with E-state index in [1.807, 2.05) is 11.3 Å². The summed E-state index contributed by atoms with van der Waals surface area (Å²) in [5, 5.41) is 8.00. The van der Waals surface area contributed by atoms with Gasteiger partial charge < -0.3 is 5.32 Å². The number of rotatable bonds is 3. The molecule has 1 unspecified atom stereocenters. The fraction of sp³-hybridized carbons (Fsp3) is 0.643. The molecule has 1 aliphatic carbocycles. The van der Waals surface area contributed by atoms with E-state index in [2.05, 4.69) is 27.1 Å². The average molecular weight is 248 g/mol. The maximum absolute atomic E-state index is 4.68. The maximum atomic E-state index is 4.68. The van der Waals surface area contributed by atoms with Gasteiger partial charge in [-0.05, 0) is 41.1 Å². The first-order valence-electron chi connectivity index (χ1n) is 6.75. The van der Waals surface area contributed by atoms with Crippen molar-refractivity contribution in [1.82, 2.24) is 5.32 Å². The number of nitrogens with one attached hydrogen (secondary N) is 1. The first kappa shape index (κ1) is 11.3. The zero-order chi connectivity index (χ0) is 11.5. The molecule has 1 N–H and O–H groups in total. The van der Waals surface area contributed by atoms with Crippen LogP contribution < -0.4 is 5.32 Å². The molecule has 1 fully saturated rings. The van der Waals surface area contributed by atoms with Gasteiger partial charge in [0, 0.05) is 12.5 Å². The van der Waals surface area contributed by atoms with Gasteiger partial charge in [-0.1, -0.05) is 19.3 Å². The van der Waals surface area contributed by atoms with Crippen LogP contribution in [0.2, 0.25) is 0 Å². The lowest BCUT2D eigenvalue weighted by Crippen LogP contribution is -2.31. The molecule has 2 nitrogen and oxygen atoms in total. The summed E-state index contributed by atoms with van der Waals surface area (Å²) in [7, 11) is 0. The number of hydrogen-bond acceptors (Lipinski definition) is 3. The smallest absolute Gasteiger partial charge is 0.104 e. The number of amidine groups is 1. The van der Waals surface area contributed by atoms with Gasteiger partial charge in [-0.15, -0.1) is 0 Å². The van der Waals surface area contributed by atoms with E-state index >= 15 is 0 Å². The summed E-state index contributed by atoms with van der Waals surface area (Å²) in [6.45, 7) is 1.99. The Balaban J connectivity index is 1.85. The van der Waals surface area contributed by atoms with Crippen molar-refractivity contribution in [1.29, 1.82) is 0 Å². The monoisotopic (exact) mass is 248 g/mol. The SMILES string of the molecule is c1cc(C(C2=NCCN2)C2CCCCC2)cs1. The predicted molar refractivity (Wildman–Crippen MR) is 73.9 cm³/mol. The predicted octanol–water partition coefficient (Wildman–Crippen LogP) is 3.41. The Morgan fingerprint density at radius 3 is 2.82 bits per heavy atom. The topological polar surface area (TPSA) is 24.4 Å². The zero-order valence-corrected chi connectivity index (χ0v) is 11.0. The van der Waals surface area contributed by atoms with Crippen LogP contribution in [0.5, 0.6) is 0 Å². The summed E-state index contributed by atoms with van der Waals surface area (Å²) in [5.41, 5.74) is 1.48. The summed E-state index contributed by atoms with van der Waals surface area (Å²) < 4.78 is 0. The lowest BCUT2D eigenvalue weighted by molar-refractivity contribution is 0.340. The summed E-state index contributed by atoms with van der Waals surface area (Å²) in [5.74, 6) is 2.61. The Hall–Kier alpha value is -0.830. The van der Waals surface area contributed by atoms with Crippen LogP contribution in [0.15, 0.2) is 21.8 Å². The second-order valence-corrected chi connectivity index (χ2v) is 5.91. The van der Waals surface area contributed by atoms with Crippen molar-refractivity contribution in [3.8, 4) is 0 Å². The first-order chi connectivity index (χ1) is 8.45. The second-order valence-electron chi connectivity index (χ2n) is 5.13. The van der Waals surface area contributed by atoms with Gasteiger partial charge in [0.25, 0.3) is 0 Å². The van der Waals surface area contributed by atoms with Crippen LogP contribution in [-0.2, 0) is 0 Å². The van der Waals surface area contributed by atoms with Crippen molar-refractivity contribution in [2.75, 3.05) is 13.1 Å². The minimum absolute atomic E-state index is 0.545. The van der Waals surface area contributed by atoms with Crippen LogP contribution in [-0.4, -0.2) is 18.9 Å². The summed E-state index contributed by atoms with van der Waals surface area (Å²) in [6.07, 6.45) is 6.98. The maximum Gasteiger partial charge on any atom is 0.104 e. The average Bonchev–Trinajstić information content (AvgIpc) is 3.04. The van der Waals surface area contributed by atoms with E-state index in [0.29, 0.717) is 5.92 Å². The first-order valence-corrected chi connectivity index (χ1v) is 7.70. The quantitative estimate of drug-likeness (QED) is 0.871. The van der Waals surface area contributed by atoms with Crippen LogP contribution in [0.1, 0.15) is 43.6 Å². The molecule has 0 saturated heterocycles. The Kier molecular flexibility index (Phi) is 3.46. The molecule has 2 heterocycles. The lowest BCUT2D eigenvalue weighted by Gasteiger charge is -2.30. The van der Waals surface area contributed by atoms with E-state index in [4.69, 9.17) is 0 Å². The highest BCUT2D eigenvalue weighted by molar-refractivity contribution is 7.08. The third-order valence-corrected chi connectivity index (χ3v) is 4.72. The molecule has 17 heavy (non-hydrogen) atoms. The summed E-state index contributed by atoms with van der Waals surface area (Å²) in [4.78, 5) is 4.68. The summed E-state index contributed by atoms with van der Waals surface area (Å²) in [6, 6.07) is 2.28. The van der Waals surface area contributed by atoms with E-state index in [-0.39, 0.29) is 0 Å². The molecule has 2 aliphatic rings. The molecular weight excluding hydrogens is 228 g/mol. The van der Waals surface area contributed by atoms with E-state index in [9.17, 15) is 0 Å². The van der Waals surface area contributed by atoms with E-state index in [1.54, 1.807) is 0 Å². The fourth-order valence-corrected chi connectivity index (χ4v) is 3.89. The van der Waals surface area contributed by atoms with Gasteiger partial charge >= 0.3 is 0 Å². The Morgan fingerprint density at radius 2 is 2.18 bits per heavy atom. The van der Waals surface area contributed by atoms with Crippen molar-refractivity contribution in [3.63, 3.8) is 0 Å². The number of hydrogen-bond donors (Lipinski definition) is 1. The molecule has 0 spiro atoms. The molecule has 0 radical (unpaired) electrons. The van der Waals surface area contributed by atoms with Crippen molar-refractivity contribution in [2.24, 2.45) is 10.9 Å². The van der Waals surface area contributed by atoms with Crippen LogP contribution in [0.3, 0.4) is 0 Å². The molecule has 1 atom stereocenters. The van der Waals surface area contributed by atoms with Crippen molar-refractivity contribution in [3.05, 3.63) is 22.4 Å². The number of thiophene rings is 1. The van der Waals surface area contributed by atoms with Gasteiger partial charge in [0.2, 0.25) is 0 Å². The van der Waals surface area contributed by atoms with Crippen molar-refractivity contribution >= 4 is 17.2 Å². The largest absolute Gasteiger partial charge is 0.371 e. The Morgan fingerprint density at radius 1 is 1.29 bits per heavy atom. The zero-order valence-electron chi connectivity index (χ0n) is 10.2. The standard InChI is InChI=1S/C14H20N2S/c1-2-4-11(5-3-1)13(12-6-9-17-10-12)14-15-7-8-16-14/h6,9-11,13H,1-5,7-8H2,(H,15,16). The Bertz CT molecular complexity index is 377. The van der Waals surface area contributed by atoms with Gasteiger partial charge in [-0.2, -0.15) is 11.3 Å². The highest BCUT2D eigenvalue weighted by Gasteiger charge is 2.30. The van der Waals surface area contributed by atoms with Gasteiger partial charge in [-0.25, -0.2) is 0 Å². The molecule has 92 valence electrons. The van der Waals surface area contributed by atoms with Crippen LogP contribution in [0.4, 0.5) is 0 Å². The third-order valence-electron chi connectivity index (χ3n) is 4.02. The van der Waals surface area contributed by atoms with Crippen LogP contribution in [0, 0.1) is 5.92 Å². The molecule has 1 saturated carbocycles. The minimum atomic E-state index is 0.545. The number of aliphatic imine (C=N–C) groups is 1. The normalized spacial score (nSPS) is 23.2. The highest BCUT2D eigenvalue weighted by Crippen LogP contribution is 2.37. The van der Waals surface area contributed by atoms with Gasteiger partial charge in [-0.3, -0.25) is 4.99 Å². The second kappa shape index (κ2) is 5.21. The van der Waals surface area contributed by atoms with E-state index in [0.717, 1.165) is 19.0 Å². The molecule has 1 aromatic heterocycles. The highest BCUT2D eigenvalue weighted by atomic mass is 32.1. The summed E-state index contributed by atoms with van der Waals surface area (Å²) >= 11 is 1.81. The molecular formula is C14H20N2S. The molecule has 3 heteroatoms. The number of nitrogens with zero attached hydrogens (tertiary/aromatic N) is 1. The molecule has 1 aromatic rings. The molecule has 0 aromatic carbocycles. The molecule has 3 rings (SSSR count). The molecule has 1 aliphatic heterocycles. The van der Waals surface area contributed by atoms with E-state index in [1.165, 1.54) is 43.5 Å². The van der Waals surface area contributed by atoms with Crippen LogP contribution in [0.25, 0.3) is 0 Å².